The Morgan fingerprint density at radius 2 is 0.913 bits per heavy atom. The number of carbonyl (C=O) groups is 4. The molecule has 2 aliphatic rings. The maximum absolute atomic E-state index is 13.3. The second kappa shape index (κ2) is 15.5. The number of rotatable bonds is 10. The Labute approximate surface area is 297 Å². The van der Waals surface area contributed by atoms with E-state index in [2.05, 4.69) is 0 Å². The van der Waals surface area contributed by atoms with Crippen molar-refractivity contribution in [1.29, 1.82) is 0 Å². The lowest BCUT2D eigenvalue weighted by Crippen LogP contribution is -2.28. The van der Waals surface area contributed by atoms with Gasteiger partial charge in [0, 0.05) is 10.8 Å². The second-order valence-electron chi connectivity index (χ2n) is 11.8. The van der Waals surface area contributed by atoms with Gasteiger partial charge in [0.15, 0.2) is 11.5 Å². The fraction of sp³-hybridized carbons (Fsp3) is 0.500. The molecule has 2 saturated carbocycles. The molecule has 250 valence electrons. The summed E-state index contributed by atoms with van der Waals surface area (Å²) in [5, 5.41) is -1.42. The first-order valence-electron chi connectivity index (χ1n) is 14.9. The van der Waals surface area contributed by atoms with Crippen LogP contribution in [0.25, 0.3) is 0 Å². The Bertz CT molecular complexity index is 1420. The van der Waals surface area contributed by atoms with E-state index in [1.165, 1.54) is 0 Å². The lowest BCUT2D eigenvalue weighted by molar-refractivity contribution is -0.156. The Balaban J connectivity index is 1.56. The number of hydrogen-bond acceptors (Lipinski definition) is 8. The van der Waals surface area contributed by atoms with Crippen LogP contribution in [0, 0.1) is 10.8 Å². The third-order valence-corrected chi connectivity index (χ3v) is 11.2. The Kier molecular flexibility index (Phi) is 12.4. The van der Waals surface area contributed by atoms with Crippen molar-refractivity contribution in [3.8, 4) is 11.5 Å². The van der Waals surface area contributed by atoms with E-state index in [0.717, 1.165) is 76.3 Å². The quantitative estimate of drug-likeness (QED) is 0.102. The molecular weight excluding hydrogens is 725 g/mol. The zero-order chi connectivity index (χ0) is 33.8. The summed E-state index contributed by atoms with van der Waals surface area (Å²) in [6.45, 7) is 4.24. The molecular formula is C32H32Cl6O8. The van der Waals surface area contributed by atoms with E-state index in [1.807, 2.05) is 13.8 Å². The van der Waals surface area contributed by atoms with Crippen LogP contribution in [0.15, 0.2) is 12.1 Å². The number of ether oxygens (including phenoxy) is 4. The minimum atomic E-state index is -1.63. The molecule has 4 rings (SSSR count). The number of esters is 4. The van der Waals surface area contributed by atoms with Crippen molar-refractivity contribution in [2.75, 3.05) is 13.2 Å². The van der Waals surface area contributed by atoms with Gasteiger partial charge >= 0.3 is 23.9 Å². The molecule has 46 heavy (non-hydrogen) atoms. The molecule has 0 bridgehead atoms. The van der Waals surface area contributed by atoms with Gasteiger partial charge in [0.05, 0.1) is 43.3 Å². The molecule has 0 aliphatic heterocycles. The van der Waals surface area contributed by atoms with Gasteiger partial charge in [-0.25, -0.2) is 19.2 Å². The molecule has 8 nitrogen and oxygen atoms in total. The van der Waals surface area contributed by atoms with Crippen molar-refractivity contribution in [3.63, 3.8) is 0 Å². The summed E-state index contributed by atoms with van der Waals surface area (Å²) >= 11 is 37.6. The minimum Gasteiger partial charge on any atom is -0.461 e. The summed E-state index contributed by atoms with van der Waals surface area (Å²) in [7, 11) is 0. The van der Waals surface area contributed by atoms with Crippen molar-refractivity contribution < 1.29 is 38.1 Å². The molecule has 0 radical (unpaired) electrons. The summed E-state index contributed by atoms with van der Waals surface area (Å²) < 4.78 is 21.6. The number of hydrogen-bond donors (Lipinski definition) is 0. The van der Waals surface area contributed by atoms with Gasteiger partial charge in [0.2, 0.25) is 0 Å². The van der Waals surface area contributed by atoms with Crippen molar-refractivity contribution >= 4 is 93.5 Å². The van der Waals surface area contributed by atoms with Crippen LogP contribution in [0.1, 0.15) is 98.8 Å². The molecule has 0 spiro atoms. The average Bonchev–Trinajstić information content (AvgIpc) is 3.71. The highest BCUT2D eigenvalue weighted by Gasteiger charge is 2.37. The zero-order valence-corrected chi connectivity index (χ0v) is 29.7. The van der Waals surface area contributed by atoms with Crippen molar-refractivity contribution in [1.82, 2.24) is 0 Å². The maximum Gasteiger partial charge on any atom is 0.423 e. The van der Waals surface area contributed by atoms with Crippen LogP contribution in [0.4, 0.5) is 0 Å². The van der Waals surface area contributed by atoms with E-state index in [0.29, 0.717) is 0 Å². The number of carbonyl (C=O) groups excluding carboxylic acids is 4. The third kappa shape index (κ3) is 8.01. The standard InChI is InChI=1S/C32H32Cl6O8/c1-3-31(9-5-6-10-31)15-43-27(39)21-23(37)17(33)13-19(35)25(21)45-29(41)30(42)46-26-20(36)14-18(34)24(38)22(26)28(40)44-16-32(4-2)11-7-8-12-32/h13-14H,3-12,15-16H2,1-2H3. The summed E-state index contributed by atoms with van der Waals surface area (Å²) in [4.78, 5) is 52.6. The smallest absolute Gasteiger partial charge is 0.423 e. The molecule has 0 amide bonds. The van der Waals surface area contributed by atoms with E-state index < -0.39 is 46.5 Å². The molecule has 0 atom stereocenters. The van der Waals surface area contributed by atoms with Gasteiger partial charge in [-0.2, -0.15) is 0 Å². The molecule has 0 heterocycles. The first kappa shape index (κ1) is 36.9. The lowest BCUT2D eigenvalue weighted by atomic mass is 9.84. The van der Waals surface area contributed by atoms with Crippen LogP contribution in [0.3, 0.4) is 0 Å². The van der Waals surface area contributed by atoms with Crippen molar-refractivity contribution in [2.24, 2.45) is 10.8 Å². The van der Waals surface area contributed by atoms with E-state index in [9.17, 15) is 19.2 Å². The first-order chi connectivity index (χ1) is 21.8. The van der Waals surface area contributed by atoms with E-state index in [1.54, 1.807) is 0 Å². The van der Waals surface area contributed by atoms with Crippen LogP contribution in [-0.2, 0) is 19.1 Å². The predicted octanol–water partition coefficient (Wildman–Crippen LogP) is 10.4. The first-order valence-corrected chi connectivity index (χ1v) is 17.2. The van der Waals surface area contributed by atoms with Crippen LogP contribution >= 0.6 is 69.6 Å². The average molecular weight is 757 g/mol. The fourth-order valence-corrected chi connectivity index (χ4v) is 7.46. The Hall–Kier alpha value is -1.94. The largest absolute Gasteiger partial charge is 0.461 e. The molecule has 0 saturated heterocycles. The molecule has 2 aliphatic carbocycles. The van der Waals surface area contributed by atoms with Gasteiger partial charge in [-0.15, -0.1) is 0 Å². The van der Waals surface area contributed by atoms with Crippen LogP contribution in [0.2, 0.25) is 30.1 Å². The van der Waals surface area contributed by atoms with Crippen LogP contribution in [-0.4, -0.2) is 37.1 Å². The van der Waals surface area contributed by atoms with Gasteiger partial charge in [0.1, 0.15) is 11.1 Å². The molecule has 2 aromatic carbocycles. The predicted molar refractivity (Wildman–Crippen MR) is 177 cm³/mol. The highest BCUT2D eigenvalue weighted by Crippen LogP contribution is 2.45. The highest BCUT2D eigenvalue weighted by molar-refractivity contribution is 6.47. The van der Waals surface area contributed by atoms with Crippen LogP contribution < -0.4 is 9.47 Å². The Morgan fingerprint density at radius 1 is 0.587 bits per heavy atom. The van der Waals surface area contributed by atoms with Gasteiger partial charge in [-0.3, -0.25) is 0 Å². The summed E-state index contributed by atoms with van der Waals surface area (Å²) in [5.74, 6) is -6.30. The number of halogens is 6. The fourth-order valence-electron chi connectivity index (χ4n) is 6.02. The van der Waals surface area contributed by atoms with E-state index in [4.69, 9.17) is 88.6 Å². The van der Waals surface area contributed by atoms with Crippen LogP contribution in [0.5, 0.6) is 11.5 Å². The third-order valence-electron chi connectivity index (χ3n) is 9.06. The monoisotopic (exact) mass is 754 g/mol. The second-order valence-corrected chi connectivity index (χ2v) is 14.2. The normalized spacial score (nSPS) is 16.6. The summed E-state index contributed by atoms with van der Waals surface area (Å²) in [5.41, 5.74) is -1.26. The van der Waals surface area contributed by atoms with Crippen molar-refractivity contribution in [2.45, 2.75) is 78.1 Å². The molecule has 0 aromatic heterocycles. The minimum absolute atomic E-state index is 0.103. The lowest BCUT2D eigenvalue weighted by Gasteiger charge is -2.27. The van der Waals surface area contributed by atoms with Gasteiger partial charge < -0.3 is 18.9 Å². The molecule has 0 unspecified atom stereocenters. The zero-order valence-electron chi connectivity index (χ0n) is 25.2. The molecule has 2 aromatic rings. The maximum atomic E-state index is 13.3. The van der Waals surface area contributed by atoms with E-state index >= 15 is 0 Å². The van der Waals surface area contributed by atoms with E-state index in [-0.39, 0.29) is 54.2 Å². The van der Waals surface area contributed by atoms with Gasteiger partial charge in [-0.05, 0) is 50.7 Å². The highest BCUT2D eigenvalue weighted by atomic mass is 35.5. The number of benzene rings is 2. The SMILES string of the molecule is CCC1(COC(=O)c2c(Cl)c(Cl)cc(Cl)c2OC(=O)C(=O)Oc2c(Cl)cc(Cl)c(Cl)c2C(=O)OCC2(CC)CCCC2)CCCC1. The topological polar surface area (TPSA) is 105 Å². The Morgan fingerprint density at radius 3 is 1.22 bits per heavy atom. The van der Waals surface area contributed by atoms with Gasteiger partial charge in [-0.1, -0.05) is 109 Å². The molecule has 2 fully saturated rings. The summed E-state index contributed by atoms with van der Waals surface area (Å²) in [6, 6.07) is 2.27. The van der Waals surface area contributed by atoms with Crippen molar-refractivity contribution in [3.05, 3.63) is 53.4 Å². The molecule has 0 N–H and O–H groups in total. The van der Waals surface area contributed by atoms with Gasteiger partial charge in [0.25, 0.3) is 0 Å². The molecule has 14 heteroatoms. The summed E-state index contributed by atoms with van der Waals surface area (Å²) in [6.07, 6.45) is 9.21.